The maximum absolute atomic E-state index is 13.9. The second-order valence-corrected chi connectivity index (χ2v) is 3.88. The van der Waals surface area contributed by atoms with Gasteiger partial charge in [-0.25, -0.2) is 4.39 Å². The molecule has 2 aromatic rings. The fourth-order valence-corrected chi connectivity index (χ4v) is 1.91. The van der Waals surface area contributed by atoms with Gasteiger partial charge < -0.3 is 14.9 Å². The van der Waals surface area contributed by atoms with Crippen LogP contribution < -0.4 is 0 Å². The molecule has 0 saturated heterocycles. The Morgan fingerprint density at radius 2 is 1.61 bits per heavy atom. The third kappa shape index (κ3) is 2.15. The van der Waals surface area contributed by atoms with E-state index in [1.165, 1.54) is 31.4 Å². The first-order valence-electron chi connectivity index (χ1n) is 5.42. The SMILES string of the molecule is COCc1cccc(F)c1-c1c(O)cccc1O. The average Bonchev–Trinajstić information content (AvgIpc) is 2.32. The summed E-state index contributed by atoms with van der Waals surface area (Å²) in [5, 5.41) is 19.6. The molecule has 0 aliphatic rings. The summed E-state index contributed by atoms with van der Waals surface area (Å²) >= 11 is 0. The Balaban J connectivity index is 2.70. The van der Waals surface area contributed by atoms with E-state index in [1.54, 1.807) is 12.1 Å². The fraction of sp³-hybridized carbons (Fsp3) is 0.143. The van der Waals surface area contributed by atoms with E-state index in [9.17, 15) is 14.6 Å². The van der Waals surface area contributed by atoms with Gasteiger partial charge in [0.05, 0.1) is 12.2 Å². The molecule has 0 saturated carbocycles. The van der Waals surface area contributed by atoms with Gasteiger partial charge in [-0.15, -0.1) is 0 Å². The van der Waals surface area contributed by atoms with Crippen LogP contribution in [0.15, 0.2) is 36.4 Å². The molecule has 0 unspecified atom stereocenters. The molecule has 0 radical (unpaired) electrons. The normalized spacial score (nSPS) is 10.6. The molecule has 2 N–H and O–H groups in total. The van der Waals surface area contributed by atoms with Gasteiger partial charge in [-0.1, -0.05) is 18.2 Å². The van der Waals surface area contributed by atoms with E-state index in [0.29, 0.717) is 5.56 Å². The average molecular weight is 248 g/mol. The minimum absolute atomic E-state index is 0.0858. The molecule has 3 nitrogen and oxygen atoms in total. The minimum Gasteiger partial charge on any atom is -0.507 e. The van der Waals surface area contributed by atoms with Gasteiger partial charge in [-0.05, 0) is 23.8 Å². The van der Waals surface area contributed by atoms with Crippen LogP contribution in [0.5, 0.6) is 11.5 Å². The number of aromatic hydroxyl groups is 2. The van der Waals surface area contributed by atoms with Gasteiger partial charge in [0.25, 0.3) is 0 Å². The molecule has 2 rings (SSSR count). The molecule has 0 heterocycles. The van der Waals surface area contributed by atoms with Gasteiger partial charge in [0, 0.05) is 12.7 Å². The van der Waals surface area contributed by atoms with Gasteiger partial charge in [0.15, 0.2) is 0 Å². The molecular weight excluding hydrogens is 235 g/mol. The Hall–Kier alpha value is -2.07. The van der Waals surface area contributed by atoms with Crippen molar-refractivity contribution in [2.24, 2.45) is 0 Å². The van der Waals surface area contributed by atoms with E-state index in [-0.39, 0.29) is 29.2 Å². The third-order valence-corrected chi connectivity index (χ3v) is 2.67. The lowest BCUT2D eigenvalue weighted by Crippen LogP contribution is -1.96. The lowest BCUT2D eigenvalue weighted by atomic mass is 9.97. The number of methoxy groups -OCH3 is 1. The smallest absolute Gasteiger partial charge is 0.131 e. The van der Waals surface area contributed by atoms with E-state index in [2.05, 4.69) is 0 Å². The summed E-state index contributed by atoms with van der Waals surface area (Å²) in [6.07, 6.45) is 0. The van der Waals surface area contributed by atoms with Gasteiger partial charge in [0.1, 0.15) is 17.3 Å². The minimum atomic E-state index is -0.513. The van der Waals surface area contributed by atoms with E-state index >= 15 is 0 Å². The molecule has 0 aromatic heterocycles. The summed E-state index contributed by atoms with van der Waals surface area (Å²) in [6.45, 7) is 0.195. The Labute approximate surface area is 104 Å². The van der Waals surface area contributed by atoms with Crippen LogP contribution in [0, 0.1) is 5.82 Å². The van der Waals surface area contributed by atoms with Crippen molar-refractivity contribution in [2.75, 3.05) is 7.11 Å². The van der Waals surface area contributed by atoms with E-state index in [1.807, 2.05) is 0 Å². The first kappa shape index (κ1) is 12.4. The van der Waals surface area contributed by atoms with E-state index in [0.717, 1.165) is 0 Å². The quantitative estimate of drug-likeness (QED) is 0.877. The number of benzene rings is 2. The number of phenolic OH excluding ortho intramolecular Hbond substituents is 2. The summed E-state index contributed by atoms with van der Waals surface area (Å²) in [4.78, 5) is 0. The second kappa shape index (κ2) is 5.06. The molecule has 18 heavy (non-hydrogen) atoms. The van der Waals surface area contributed by atoms with Crippen molar-refractivity contribution in [1.82, 2.24) is 0 Å². The molecular formula is C14H13FO3. The van der Waals surface area contributed by atoms with E-state index < -0.39 is 5.82 Å². The lowest BCUT2D eigenvalue weighted by molar-refractivity contribution is 0.185. The van der Waals surface area contributed by atoms with E-state index in [4.69, 9.17) is 4.74 Å². The number of halogens is 1. The summed E-state index contributed by atoms with van der Waals surface area (Å²) in [5.41, 5.74) is 0.812. The fourth-order valence-electron chi connectivity index (χ4n) is 1.91. The molecule has 0 spiro atoms. The molecule has 0 bridgehead atoms. The molecule has 0 atom stereocenters. The number of rotatable bonds is 3. The zero-order valence-corrected chi connectivity index (χ0v) is 9.85. The van der Waals surface area contributed by atoms with Gasteiger partial charge >= 0.3 is 0 Å². The van der Waals surface area contributed by atoms with Crippen LogP contribution in [-0.4, -0.2) is 17.3 Å². The summed E-state index contributed by atoms with van der Waals surface area (Å²) < 4.78 is 18.9. The molecule has 94 valence electrons. The topological polar surface area (TPSA) is 49.7 Å². The standard InChI is InChI=1S/C14H13FO3/c1-18-8-9-4-2-5-10(15)13(9)14-11(16)6-3-7-12(14)17/h2-7,16-17H,8H2,1H3. The Morgan fingerprint density at radius 3 is 2.22 bits per heavy atom. The first-order chi connectivity index (χ1) is 8.65. The third-order valence-electron chi connectivity index (χ3n) is 2.67. The molecule has 2 aromatic carbocycles. The van der Waals surface area contributed by atoms with Crippen molar-refractivity contribution in [3.63, 3.8) is 0 Å². The summed E-state index contributed by atoms with van der Waals surface area (Å²) in [6, 6.07) is 8.82. The van der Waals surface area contributed by atoms with Crippen LogP contribution in [0.3, 0.4) is 0 Å². The molecule has 0 aliphatic heterocycles. The number of phenols is 2. The van der Waals surface area contributed by atoms with Crippen molar-refractivity contribution in [3.05, 3.63) is 47.8 Å². The van der Waals surface area contributed by atoms with Gasteiger partial charge in [-0.2, -0.15) is 0 Å². The lowest BCUT2D eigenvalue weighted by Gasteiger charge is -2.13. The maximum atomic E-state index is 13.9. The zero-order valence-electron chi connectivity index (χ0n) is 9.85. The maximum Gasteiger partial charge on any atom is 0.131 e. The van der Waals surface area contributed by atoms with Crippen LogP contribution in [0.4, 0.5) is 4.39 Å². The number of hydrogen-bond acceptors (Lipinski definition) is 3. The zero-order chi connectivity index (χ0) is 13.1. The summed E-state index contributed by atoms with van der Waals surface area (Å²) in [7, 11) is 1.50. The highest BCUT2D eigenvalue weighted by Crippen LogP contribution is 2.40. The van der Waals surface area contributed by atoms with Gasteiger partial charge in [0.2, 0.25) is 0 Å². The Kier molecular flexibility index (Phi) is 3.48. The van der Waals surface area contributed by atoms with Crippen molar-refractivity contribution >= 4 is 0 Å². The second-order valence-electron chi connectivity index (χ2n) is 3.88. The van der Waals surface area contributed by atoms with Crippen LogP contribution in [0.25, 0.3) is 11.1 Å². The summed E-state index contributed by atoms with van der Waals surface area (Å²) in [5.74, 6) is -0.851. The molecule has 4 heteroatoms. The van der Waals surface area contributed by atoms with Crippen molar-refractivity contribution in [3.8, 4) is 22.6 Å². The molecule has 0 amide bonds. The highest BCUT2D eigenvalue weighted by molar-refractivity contribution is 5.78. The predicted octanol–water partition coefficient (Wildman–Crippen LogP) is 3.05. The van der Waals surface area contributed by atoms with Crippen LogP contribution >= 0.6 is 0 Å². The van der Waals surface area contributed by atoms with Crippen molar-refractivity contribution < 1.29 is 19.3 Å². The van der Waals surface area contributed by atoms with Crippen molar-refractivity contribution in [2.45, 2.75) is 6.61 Å². The van der Waals surface area contributed by atoms with Crippen LogP contribution in [0.1, 0.15) is 5.56 Å². The van der Waals surface area contributed by atoms with Crippen LogP contribution in [0.2, 0.25) is 0 Å². The van der Waals surface area contributed by atoms with Gasteiger partial charge in [-0.3, -0.25) is 0 Å². The largest absolute Gasteiger partial charge is 0.507 e. The number of hydrogen-bond donors (Lipinski definition) is 2. The van der Waals surface area contributed by atoms with Crippen molar-refractivity contribution in [1.29, 1.82) is 0 Å². The Morgan fingerprint density at radius 1 is 1.00 bits per heavy atom. The predicted molar refractivity (Wildman–Crippen MR) is 65.9 cm³/mol. The first-order valence-corrected chi connectivity index (χ1v) is 5.42. The Bertz CT molecular complexity index is 547. The molecule has 0 aliphatic carbocycles. The monoisotopic (exact) mass is 248 g/mol. The van der Waals surface area contributed by atoms with Crippen LogP contribution in [-0.2, 0) is 11.3 Å². The highest BCUT2D eigenvalue weighted by atomic mass is 19.1. The highest BCUT2D eigenvalue weighted by Gasteiger charge is 2.17. The molecule has 0 fully saturated rings. The number of ether oxygens (including phenoxy) is 1.